The zero-order chi connectivity index (χ0) is 31.6. The van der Waals surface area contributed by atoms with Crippen molar-refractivity contribution in [1.82, 2.24) is 14.5 Å². The summed E-state index contributed by atoms with van der Waals surface area (Å²) in [4.78, 5) is 10.0. The number of benzene rings is 7. The minimum Gasteiger partial charge on any atom is -0.436 e. The summed E-state index contributed by atoms with van der Waals surface area (Å²) in [6.07, 6.45) is 0. The molecule has 0 aliphatic rings. The highest BCUT2D eigenvalue weighted by atomic mass is 16.3. The molecule has 0 amide bonds. The number of pyridine rings is 1. The van der Waals surface area contributed by atoms with Gasteiger partial charge in [-0.1, -0.05) is 115 Å². The summed E-state index contributed by atoms with van der Waals surface area (Å²) in [7, 11) is 0. The molecule has 48 heavy (non-hydrogen) atoms. The van der Waals surface area contributed by atoms with Gasteiger partial charge in [-0.25, -0.2) is 9.97 Å². The number of nitrogens with zero attached hydrogens (tertiary/aromatic N) is 3. The number of hydrogen-bond acceptors (Lipinski definition) is 3. The van der Waals surface area contributed by atoms with Gasteiger partial charge in [0.05, 0.1) is 22.2 Å². The fraction of sp³-hybridized carbons (Fsp3) is 0. The van der Waals surface area contributed by atoms with Crippen molar-refractivity contribution >= 4 is 54.6 Å². The Morgan fingerprint density at radius 2 is 1.12 bits per heavy atom. The molecule has 3 aromatic heterocycles. The van der Waals surface area contributed by atoms with Gasteiger partial charge in [0.2, 0.25) is 5.89 Å². The lowest BCUT2D eigenvalue weighted by Gasteiger charge is -2.15. The molecule has 0 radical (unpaired) electrons. The van der Waals surface area contributed by atoms with Gasteiger partial charge in [-0.2, -0.15) is 0 Å². The fourth-order valence-corrected chi connectivity index (χ4v) is 7.20. The van der Waals surface area contributed by atoms with Crippen LogP contribution in [0.15, 0.2) is 168 Å². The van der Waals surface area contributed by atoms with E-state index in [0.29, 0.717) is 5.89 Å². The Hall–Kier alpha value is -6.52. The van der Waals surface area contributed by atoms with E-state index in [9.17, 15) is 0 Å². The second kappa shape index (κ2) is 10.5. The molecule has 4 heteroatoms. The molecule has 0 N–H and O–H groups in total. The van der Waals surface area contributed by atoms with Crippen LogP contribution in [-0.2, 0) is 0 Å². The predicted molar refractivity (Wildman–Crippen MR) is 197 cm³/mol. The third-order valence-electron chi connectivity index (χ3n) is 9.41. The van der Waals surface area contributed by atoms with Gasteiger partial charge in [-0.05, 0) is 65.0 Å². The molecule has 0 unspecified atom stereocenters. The normalized spacial score (nSPS) is 11.8. The number of aromatic nitrogens is 3. The maximum atomic E-state index is 6.03. The zero-order valence-corrected chi connectivity index (χ0v) is 25.8. The number of oxazole rings is 1. The molecule has 0 saturated heterocycles. The number of rotatable bonds is 4. The van der Waals surface area contributed by atoms with Crippen molar-refractivity contribution in [3.63, 3.8) is 0 Å². The molecule has 0 saturated carbocycles. The average molecular weight is 614 g/mol. The molecule has 224 valence electrons. The Labute approximate surface area is 276 Å². The Morgan fingerprint density at radius 1 is 0.438 bits per heavy atom. The molecule has 7 aromatic carbocycles. The second-order valence-electron chi connectivity index (χ2n) is 12.2. The van der Waals surface area contributed by atoms with Crippen LogP contribution in [0.25, 0.3) is 94.1 Å². The SMILES string of the molecule is c1ccc(-c2nc3ccccc3c3ccc4c5ccccc5n(-c5cccc(-c6ccc(-c7nc8ccccc8o7)cc6)c5)c4c23)cc1. The predicted octanol–water partition coefficient (Wildman–Crippen LogP) is 11.6. The molecule has 0 spiro atoms. The van der Waals surface area contributed by atoms with E-state index < -0.39 is 0 Å². The van der Waals surface area contributed by atoms with Crippen LogP contribution in [-0.4, -0.2) is 14.5 Å². The summed E-state index contributed by atoms with van der Waals surface area (Å²) in [5.41, 5.74) is 11.4. The van der Waals surface area contributed by atoms with Crippen LogP contribution in [0, 0.1) is 0 Å². The number of fused-ring (bicyclic) bond motifs is 8. The highest BCUT2D eigenvalue weighted by Crippen LogP contribution is 2.42. The zero-order valence-electron chi connectivity index (χ0n) is 25.8. The van der Waals surface area contributed by atoms with E-state index >= 15 is 0 Å². The quantitative estimate of drug-likeness (QED) is 0.186. The molecule has 10 aromatic rings. The Kier molecular flexibility index (Phi) is 5.84. The largest absolute Gasteiger partial charge is 0.436 e. The molecule has 10 rings (SSSR count). The summed E-state index contributed by atoms with van der Waals surface area (Å²) < 4.78 is 8.46. The molecule has 0 fully saturated rings. The molecule has 0 bridgehead atoms. The van der Waals surface area contributed by atoms with Gasteiger partial charge in [0, 0.05) is 38.4 Å². The standard InChI is InChI=1S/C44H27N3O/c1-2-11-29(12-3-1)42-41-35(33-15-4-6-17-37(33)45-42)25-26-36-34-16-5-8-19-39(34)47(43(36)41)32-14-10-13-31(27-32)28-21-23-30(24-22-28)44-46-38-18-7-9-20-40(38)48-44/h1-27H. The summed E-state index contributed by atoms with van der Waals surface area (Å²) in [5.74, 6) is 0.629. The molecular weight excluding hydrogens is 587 g/mol. The van der Waals surface area contributed by atoms with Crippen molar-refractivity contribution in [2.45, 2.75) is 0 Å². The first-order valence-corrected chi connectivity index (χ1v) is 16.2. The Morgan fingerprint density at radius 3 is 1.98 bits per heavy atom. The minimum absolute atomic E-state index is 0.629. The Bertz CT molecular complexity index is 2790. The first-order chi connectivity index (χ1) is 23.8. The van der Waals surface area contributed by atoms with Gasteiger partial charge in [-0.3, -0.25) is 0 Å². The van der Waals surface area contributed by atoms with Crippen LogP contribution < -0.4 is 0 Å². The van der Waals surface area contributed by atoms with Crippen molar-refractivity contribution in [2.24, 2.45) is 0 Å². The van der Waals surface area contributed by atoms with Crippen molar-refractivity contribution in [1.29, 1.82) is 0 Å². The van der Waals surface area contributed by atoms with Crippen LogP contribution in [0.5, 0.6) is 0 Å². The lowest BCUT2D eigenvalue weighted by atomic mass is 9.97. The third kappa shape index (κ3) is 4.10. The van der Waals surface area contributed by atoms with E-state index in [1.165, 1.54) is 16.2 Å². The van der Waals surface area contributed by atoms with Gasteiger partial charge in [0.15, 0.2) is 5.58 Å². The monoisotopic (exact) mass is 613 g/mol. The van der Waals surface area contributed by atoms with Crippen molar-refractivity contribution in [3.8, 4) is 39.5 Å². The highest BCUT2D eigenvalue weighted by molar-refractivity contribution is 6.25. The molecule has 0 aliphatic carbocycles. The van der Waals surface area contributed by atoms with Gasteiger partial charge >= 0.3 is 0 Å². The topological polar surface area (TPSA) is 43.9 Å². The Balaban J connectivity index is 1.21. The van der Waals surface area contributed by atoms with Crippen molar-refractivity contribution < 1.29 is 4.42 Å². The first kappa shape index (κ1) is 26.7. The molecule has 4 nitrogen and oxygen atoms in total. The van der Waals surface area contributed by atoms with Gasteiger partial charge in [0.25, 0.3) is 0 Å². The van der Waals surface area contributed by atoms with Gasteiger partial charge in [0.1, 0.15) is 5.52 Å². The van der Waals surface area contributed by atoms with E-state index in [1.54, 1.807) is 0 Å². The van der Waals surface area contributed by atoms with E-state index in [4.69, 9.17) is 9.40 Å². The molecule has 3 heterocycles. The number of hydrogen-bond donors (Lipinski definition) is 0. The smallest absolute Gasteiger partial charge is 0.227 e. The van der Waals surface area contributed by atoms with E-state index in [1.807, 2.05) is 24.3 Å². The lowest BCUT2D eigenvalue weighted by molar-refractivity contribution is 0.620. The number of para-hydroxylation sites is 4. The van der Waals surface area contributed by atoms with Gasteiger partial charge < -0.3 is 8.98 Å². The highest BCUT2D eigenvalue weighted by Gasteiger charge is 2.20. The lowest BCUT2D eigenvalue weighted by Crippen LogP contribution is -1.97. The average Bonchev–Trinajstić information content (AvgIpc) is 3.75. The van der Waals surface area contributed by atoms with Crippen molar-refractivity contribution in [3.05, 3.63) is 164 Å². The molecular formula is C44H27N3O. The molecule has 0 aliphatic heterocycles. The summed E-state index contributed by atoms with van der Waals surface area (Å²) in [6.45, 7) is 0. The fourth-order valence-electron chi connectivity index (χ4n) is 7.20. The maximum absolute atomic E-state index is 6.03. The van der Waals surface area contributed by atoms with Crippen LogP contribution >= 0.6 is 0 Å². The minimum atomic E-state index is 0.629. The van der Waals surface area contributed by atoms with Crippen LogP contribution in [0.1, 0.15) is 0 Å². The second-order valence-corrected chi connectivity index (χ2v) is 12.2. The van der Waals surface area contributed by atoms with Gasteiger partial charge in [-0.15, -0.1) is 0 Å². The van der Waals surface area contributed by atoms with Crippen molar-refractivity contribution in [2.75, 3.05) is 0 Å². The first-order valence-electron chi connectivity index (χ1n) is 16.2. The molecule has 0 atom stereocenters. The van der Waals surface area contributed by atoms with E-state index in [0.717, 1.165) is 72.1 Å². The van der Waals surface area contributed by atoms with Crippen LogP contribution in [0.4, 0.5) is 0 Å². The summed E-state index contributed by atoms with van der Waals surface area (Å²) in [5, 5.41) is 5.93. The summed E-state index contributed by atoms with van der Waals surface area (Å²) in [6, 6.07) is 57.4. The van der Waals surface area contributed by atoms with Crippen LogP contribution in [0.2, 0.25) is 0 Å². The van der Waals surface area contributed by atoms with E-state index in [2.05, 4.69) is 149 Å². The third-order valence-corrected chi connectivity index (χ3v) is 9.41. The summed E-state index contributed by atoms with van der Waals surface area (Å²) >= 11 is 0. The maximum Gasteiger partial charge on any atom is 0.227 e. The van der Waals surface area contributed by atoms with Crippen LogP contribution in [0.3, 0.4) is 0 Å². The van der Waals surface area contributed by atoms with E-state index in [-0.39, 0.29) is 0 Å².